The van der Waals surface area contributed by atoms with Gasteiger partial charge in [0.2, 0.25) is 5.96 Å². The van der Waals surface area contributed by atoms with Gasteiger partial charge in [-0.3, -0.25) is 4.90 Å². The van der Waals surface area contributed by atoms with Crippen LogP contribution in [0.5, 0.6) is 0 Å². The van der Waals surface area contributed by atoms with Crippen molar-refractivity contribution < 1.29 is 14.3 Å². The fourth-order valence-corrected chi connectivity index (χ4v) is 1.70. The highest BCUT2D eigenvalue weighted by molar-refractivity contribution is 6.00. The molecule has 0 spiro atoms. The van der Waals surface area contributed by atoms with Crippen molar-refractivity contribution >= 4 is 18.1 Å². The van der Waals surface area contributed by atoms with Crippen LogP contribution < -0.4 is 5.32 Å². The number of nitrogens with zero attached hydrogens (tertiary/aromatic N) is 3. The molecule has 0 unspecified atom stereocenters. The smallest absolute Gasteiger partial charge is 0.436 e. The zero-order valence-corrected chi connectivity index (χ0v) is 11.8. The molecule has 0 aromatic carbocycles. The second-order valence-corrected chi connectivity index (χ2v) is 4.39. The van der Waals surface area contributed by atoms with Crippen molar-refractivity contribution in [1.82, 2.24) is 15.1 Å². The van der Waals surface area contributed by atoms with Crippen molar-refractivity contribution in [2.24, 2.45) is 4.99 Å². The van der Waals surface area contributed by atoms with E-state index in [0.717, 1.165) is 25.0 Å². The summed E-state index contributed by atoms with van der Waals surface area (Å²) in [5.41, 5.74) is 0.910. The number of nitrogens with one attached hydrogen (secondary N) is 1. The molecule has 0 radical (unpaired) electrons. The summed E-state index contributed by atoms with van der Waals surface area (Å²) in [7, 11) is 6.18. The van der Waals surface area contributed by atoms with E-state index in [1.807, 2.05) is 6.08 Å². The van der Waals surface area contributed by atoms with Crippen molar-refractivity contribution in [2.75, 3.05) is 28.3 Å². The number of allylic oxidation sites excluding steroid dienone is 2. The third-order valence-electron chi connectivity index (χ3n) is 2.68. The van der Waals surface area contributed by atoms with Crippen LogP contribution in [-0.2, 0) is 4.74 Å². The molecular weight excluding hydrogens is 248 g/mol. The van der Waals surface area contributed by atoms with E-state index in [-0.39, 0.29) is 12.0 Å². The van der Waals surface area contributed by atoms with Crippen molar-refractivity contribution in [3.63, 3.8) is 0 Å². The molecule has 0 bridgehead atoms. The summed E-state index contributed by atoms with van der Waals surface area (Å²) in [6, 6.07) is -0.329. The Morgan fingerprint density at radius 3 is 2.53 bits per heavy atom. The van der Waals surface area contributed by atoms with Gasteiger partial charge in [-0.1, -0.05) is 6.08 Å². The van der Waals surface area contributed by atoms with Crippen LogP contribution in [0, 0.1) is 0 Å². The largest absolute Gasteiger partial charge is 0.451 e. The molecule has 0 fully saturated rings. The minimum absolute atomic E-state index is 0.211. The number of carbonyl (C=O) groups excluding carboxylic acids is 2. The fraction of sp³-hybridized carbons (Fsp3) is 0.583. The molecular formula is C12H20N4O3. The van der Waals surface area contributed by atoms with Gasteiger partial charge in [0.1, 0.15) is 0 Å². The van der Waals surface area contributed by atoms with E-state index >= 15 is 0 Å². The van der Waals surface area contributed by atoms with Crippen LogP contribution in [0.1, 0.15) is 19.3 Å². The summed E-state index contributed by atoms with van der Waals surface area (Å²) in [4.78, 5) is 29.8. The Labute approximate surface area is 112 Å². The van der Waals surface area contributed by atoms with Gasteiger partial charge >= 0.3 is 12.1 Å². The molecule has 0 aromatic heterocycles. The number of ether oxygens (including phenoxy) is 1. The lowest BCUT2D eigenvalue weighted by molar-refractivity contribution is 0.181. The summed E-state index contributed by atoms with van der Waals surface area (Å²) in [6.45, 7) is 0. The number of hydrogen-bond donors (Lipinski definition) is 1. The highest BCUT2D eigenvalue weighted by atomic mass is 16.5. The number of aliphatic imine (C=N–C) groups is 1. The Hall–Kier alpha value is -2.05. The molecule has 0 aliphatic heterocycles. The standard InChI is InChI=1S/C12H20N4O3/c1-15(2)10(14-12(18)19-4)16(3)11(17)13-9-7-5-6-8-9/h7H,5-6,8H2,1-4H3,(H,13,17). The second-order valence-electron chi connectivity index (χ2n) is 4.39. The lowest BCUT2D eigenvalue weighted by atomic mass is 10.3. The van der Waals surface area contributed by atoms with Gasteiger partial charge < -0.3 is 15.0 Å². The SMILES string of the molecule is COC(=O)N=C(N(C)C)N(C)C(=O)NC1=CCCC1. The molecule has 19 heavy (non-hydrogen) atoms. The zero-order chi connectivity index (χ0) is 14.4. The van der Waals surface area contributed by atoms with Crippen molar-refractivity contribution in [2.45, 2.75) is 19.3 Å². The van der Waals surface area contributed by atoms with Gasteiger partial charge in [-0.05, 0) is 19.3 Å². The van der Waals surface area contributed by atoms with Crippen LogP contribution in [0.3, 0.4) is 0 Å². The van der Waals surface area contributed by atoms with Gasteiger partial charge in [0.15, 0.2) is 0 Å². The highest BCUT2D eigenvalue weighted by Gasteiger charge is 2.19. The number of amides is 3. The van der Waals surface area contributed by atoms with Crippen LogP contribution in [-0.4, -0.2) is 56.1 Å². The van der Waals surface area contributed by atoms with Crippen LogP contribution in [0.25, 0.3) is 0 Å². The van der Waals surface area contributed by atoms with Crippen molar-refractivity contribution in [3.05, 3.63) is 11.8 Å². The summed E-state index contributed by atoms with van der Waals surface area (Å²) in [6.07, 6.45) is 4.15. The zero-order valence-electron chi connectivity index (χ0n) is 11.8. The number of methoxy groups -OCH3 is 1. The van der Waals surface area contributed by atoms with E-state index in [4.69, 9.17) is 0 Å². The first-order valence-corrected chi connectivity index (χ1v) is 6.03. The minimum Gasteiger partial charge on any atom is -0.451 e. The van der Waals surface area contributed by atoms with E-state index in [2.05, 4.69) is 15.0 Å². The quantitative estimate of drug-likeness (QED) is 0.576. The molecule has 1 aliphatic carbocycles. The lowest BCUT2D eigenvalue weighted by Crippen LogP contribution is -2.46. The average molecular weight is 268 g/mol. The third kappa shape index (κ3) is 4.27. The Morgan fingerprint density at radius 2 is 2.05 bits per heavy atom. The number of carbonyl (C=O) groups is 2. The molecule has 7 nitrogen and oxygen atoms in total. The molecule has 0 heterocycles. The van der Waals surface area contributed by atoms with Crippen LogP contribution in [0.2, 0.25) is 0 Å². The minimum atomic E-state index is -0.747. The molecule has 1 aliphatic rings. The first-order chi connectivity index (χ1) is 8.95. The molecule has 1 N–H and O–H groups in total. The van der Waals surface area contributed by atoms with Gasteiger partial charge in [0.25, 0.3) is 0 Å². The number of urea groups is 1. The van der Waals surface area contributed by atoms with Crippen LogP contribution >= 0.6 is 0 Å². The topological polar surface area (TPSA) is 74.2 Å². The molecule has 0 saturated carbocycles. The molecule has 3 amide bonds. The third-order valence-corrected chi connectivity index (χ3v) is 2.68. The van der Waals surface area contributed by atoms with E-state index in [0.29, 0.717) is 0 Å². The van der Waals surface area contributed by atoms with Crippen LogP contribution in [0.15, 0.2) is 16.8 Å². The lowest BCUT2D eigenvalue weighted by Gasteiger charge is -2.24. The van der Waals surface area contributed by atoms with E-state index in [9.17, 15) is 9.59 Å². The number of hydrogen-bond acceptors (Lipinski definition) is 3. The Kier molecular flexibility index (Phi) is 5.35. The maximum Gasteiger partial charge on any atom is 0.436 e. The monoisotopic (exact) mass is 268 g/mol. The van der Waals surface area contributed by atoms with E-state index in [1.54, 1.807) is 26.0 Å². The summed E-state index contributed by atoms with van der Waals surface area (Å²) in [5, 5.41) is 2.79. The Morgan fingerprint density at radius 1 is 1.37 bits per heavy atom. The Bertz CT molecular complexity index is 415. The van der Waals surface area contributed by atoms with Gasteiger partial charge in [-0.15, -0.1) is 4.99 Å². The predicted octanol–water partition coefficient (Wildman–Crippen LogP) is 1.38. The molecule has 1 rings (SSSR count). The molecule has 0 aromatic rings. The summed E-state index contributed by atoms with van der Waals surface area (Å²) < 4.78 is 4.47. The average Bonchev–Trinajstić information content (AvgIpc) is 2.87. The number of rotatable bonds is 1. The van der Waals surface area contributed by atoms with Gasteiger partial charge in [0, 0.05) is 26.8 Å². The summed E-state index contributed by atoms with van der Waals surface area (Å²) in [5.74, 6) is 0.211. The van der Waals surface area contributed by atoms with Gasteiger partial charge in [-0.25, -0.2) is 9.59 Å². The normalized spacial score (nSPS) is 14.7. The number of guanidine groups is 1. The Balaban J connectivity index is 2.75. The maximum absolute atomic E-state index is 12.0. The van der Waals surface area contributed by atoms with E-state index in [1.165, 1.54) is 12.0 Å². The molecule has 0 atom stereocenters. The van der Waals surface area contributed by atoms with Crippen molar-refractivity contribution in [1.29, 1.82) is 0 Å². The molecule has 0 saturated heterocycles. The van der Waals surface area contributed by atoms with Crippen molar-refractivity contribution in [3.8, 4) is 0 Å². The van der Waals surface area contributed by atoms with Gasteiger partial charge in [-0.2, -0.15) is 0 Å². The van der Waals surface area contributed by atoms with E-state index < -0.39 is 6.09 Å². The maximum atomic E-state index is 12.0. The second kappa shape index (κ2) is 6.77. The highest BCUT2D eigenvalue weighted by Crippen LogP contribution is 2.14. The first kappa shape index (κ1) is 15.0. The summed E-state index contributed by atoms with van der Waals surface area (Å²) >= 11 is 0. The molecule has 106 valence electrons. The van der Waals surface area contributed by atoms with Gasteiger partial charge in [0.05, 0.1) is 7.11 Å². The molecule has 7 heteroatoms. The predicted molar refractivity (Wildman–Crippen MR) is 71.8 cm³/mol. The fourth-order valence-electron chi connectivity index (χ4n) is 1.70. The first-order valence-electron chi connectivity index (χ1n) is 6.03. The van der Waals surface area contributed by atoms with Crippen LogP contribution in [0.4, 0.5) is 9.59 Å².